The summed E-state index contributed by atoms with van der Waals surface area (Å²) >= 11 is 0. The number of carbonyl (C=O) groups is 1. The van der Waals surface area contributed by atoms with Crippen LogP contribution >= 0.6 is 12.4 Å². The second kappa shape index (κ2) is 9.02. The van der Waals surface area contributed by atoms with Gasteiger partial charge in [-0.1, -0.05) is 26.0 Å². The minimum absolute atomic E-state index is 0. The fourth-order valence-corrected chi connectivity index (χ4v) is 2.94. The molecule has 1 aromatic rings. The van der Waals surface area contributed by atoms with Crippen molar-refractivity contribution >= 4 is 28.2 Å². The van der Waals surface area contributed by atoms with Gasteiger partial charge in [-0.2, -0.15) is 0 Å². The molecule has 1 rings (SSSR count). The Hall–Kier alpha value is -1.11. The van der Waals surface area contributed by atoms with Crippen molar-refractivity contribution in [1.82, 2.24) is 10.6 Å². The molecule has 1 atom stereocenters. The molecule has 0 radical (unpaired) electrons. The lowest BCUT2D eigenvalue weighted by Gasteiger charge is -2.14. The first-order valence-corrected chi connectivity index (χ1v) is 8.41. The molecule has 0 fully saturated rings. The van der Waals surface area contributed by atoms with Gasteiger partial charge in [0.15, 0.2) is 9.84 Å². The molecule has 0 bridgehead atoms. The van der Waals surface area contributed by atoms with Gasteiger partial charge in [-0.05, 0) is 25.6 Å². The molecular weight excluding hydrogens is 312 g/mol. The van der Waals surface area contributed by atoms with Crippen LogP contribution < -0.4 is 10.6 Å². The van der Waals surface area contributed by atoms with Gasteiger partial charge in [0.1, 0.15) is 0 Å². The van der Waals surface area contributed by atoms with E-state index in [4.69, 9.17) is 0 Å². The molecule has 0 saturated carbocycles. The van der Waals surface area contributed by atoms with Crippen molar-refractivity contribution in [2.75, 3.05) is 18.8 Å². The standard InChI is InChI=1S/C14H22N2O3S.ClH/c1-4-15-11(3)10-16-14(17)12-8-6-7-9-13(12)20(18,19)5-2;/h6-9,11,15H,4-5,10H2,1-3H3,(H,16,17);1H/t11-;/m1./s1. The van der Waals surface area contributed by atoms with E-state index in [-0.39, 0.29) is 40.6 Å². The van der Waals surface area contributed by atoms with E-state index in [9.17, 15) is 13.2 Å². The highest BCUT2D eigenvalue weighted by Crippen LogP contribution is 2.16. The Morgan fingerprint density at radius 2 is 1.86 bits per heavy atom. The zero-order chi connectivity index (χ0) is 15.2. The summed E-state index contributed by atoms with van der Waals surface area (Å²) in [5.74, 6) is -0.382. The third kappa shape index (κ3) is 5.65. The minimum atomic E-state index is -3.40. The summed E-state index contributed by atoms with van der Waals surface area (Å²) in [6.07, 6.45) is 0. The van der Waals surface area contributed by atoms with E-state index in [1.807, 2.05) is 13.8 Å². The monoisotopic (exact) mass is 334 g/mol. The molecule has 0 aliphatic rings. The molecule has 7 heteroatoms. The summed E-state index contributed by atoms with van der Waals surface area (Å²) in [5, 5.41) is 5.93. The normalized spacial score (nSPS) is 12.3. The third-order valence-corrected chi connectivity index (χ3v) is 4.75. The Morgan fingerprint density at radius 3 is 2.43 bits per heavy atom. The largest absolute Gasteiger partial charge is 0.350 e. The maximum absolute atomic E-state index is 12.1. The number of sulfone groups is 1. The lowest BCUT2D eigenvalue weighted by molar-refractivity contribution is 0.0947. The first-order valence-electron chi connectivity index (χ1n) is 6.75. The summed E-state index contributed by atoms with van der Waals surface area (Å²) in [6.45, 7) is 6.78. The van der Waals surface area contributed by atoms with Crippen LogP contribution in [-0.2, 0) is 9.84 Å². The van der Waals surface area contributed by atoms with Crippen LogP contribution in [0, 0.1) is 0 Å². The van der Waals surface area contributed by atoms with Crippen molar-refractivity contribution < 1.29 is 13.2 Å². The molecule has 0 spiro atoms. The summed E-state index contributed by atoms with van der Waals surface area (Å²) in [4.78, 5) is 12.2. The first-order chi connectivity index (χ1) is 9.42. The van der Waals surface area contributed by atoms with Crippen molar-refractivity contribution in [1.29, 1.82) is 0 Å². The highest BCUT2D eigenvalue weighted by molar-refractivity contribution is 7.91. The second-order valence-corrected chi connectivity index (χ2v) is 6.82. The zero-order valence-electron chi connectivity index (χ0n) is 12.5. The SMILES string of the molecule is CCN[C@H](C)CNC(=O)c1ccccc1S(=O)(=O)CC.Cl. The highest BCUT2D eigenvalue weighted by Gasteiger charge is 2.20. The molecule has 0 aromatic heterocycles. The van der Waals surface area contributed by atoms with Gasteiger partial charge in [0.05, 0.1) is 16.2 Å². The van der Waals surface area contributed by atoms with Crippen LogP contribution in [0.2, 0.25) is 0 Å². The fourth-order valence-electron chi connectivity index (χ4n) is 1.84. The molecule has 0 heterocycles. The summed E-state index contributed by atoms with van der Waals surface area (Å²) < 4.78 is 23.9. The molecule has 5 nitrogen and oxygen atoms in total. The quantitative estimate of drug-likeness (QED) is 0.794. The number of nitrogens with one attached hydrogen (secondary N) is 2. The first kappa shape index (κ1) is 19.9. The van der Waals surface area contributed by atoms with Crippen molar-refractivity contribution in [2.45, 2.75) is 31.7 Å². The van der Waals surface area contributed by atoms with E-state index < -0.39 is 9.84 Å². The Morgan fingerprint density at radius 1 is 1.24 bits per heavy atom. The molecule has 0 saturated heterocycles. The van der Waals surface area contributed by atoms with Gasteiger partial charge >= 0.3 is 0 Å². The molecule has 0 aliphatic heterocycles. The maximum Gasteiger partial charge on any atom is 0.252 e. The van der Waals surface area contributed by atoms with Gasteiger partial charge in [-0.25, -0.2) is 8.42 Å². The van der Waals surface area contributed by atoms with Gasteiger partial charge in [0.2, 0.25) is 0 Å². The Balaban J connectivity index is 0.00000400. The third-order valence-electron chi connectivity index (χ3n) is 2.97. The molecule has 0 unspecified atom stereocenters. The van der Waals surface area contributed by atoms with Crippen molar-refractivity contribution in [3.05, 3.63) is 29.8 Å². The van der Waals surface area contributed by atoms with Crippen molar-refractivity contribution in [2.24, 2.45) is 0 Å². The minimum Gasteiger partial charge on any atom is -0.350 e. The number of hydrogen-bond acceptors (Lipinski definition) is 4. The molecule has 0 aliphatic carbocycles. The van der Waals surface area contributed by atoms with Gasteiger partial charge in [-0.15, -0.1) is 12.4 Å². The van der Waals surface area contributed by atoms with Crippen LogP contribution in [0.25, 0.3) is 0 Å². The van der Waals surface area contributed by atoms with E-state index in [2.05, 4.69) is 10.6 Å². The topological polar surface area (TPSA) is 75.3 Å². The number of benzene rings is 1. The average molecular weight is 335 g/mol. The van der Waals surface area contributed by atoms with Crippen LogP contribution in [0.5, 0.6) is 0 Å². The lowest BCUT2D eigenvalue weighted by atomic mass is 10.2. The maximum atomic E-state index is 12.1. The van der Waals surface area contributed by atoms with E-state index in [1.165, 1.54) is 12.1 Å². The lowest BCUT2D eigenvalue weighted by Crippen LogP contribution is -2.39. The zero-order valence-corrected chi connectivity index (χ0v) is 14.2. The number of amides is 1. The van der Waals surface area contributed by atoms with Crippen LogP contribution in [0.4, 0.5) is 0 Å². The fraction of sp³-hybridized carbons (Fsp3) is 0.500. The Kier molecular flexibility index (Phi) is 8.54. The van der Waals surface area contributed by atoms with Gasteiger partial charge in [-0.3, -0.25) is 4.79 Å². The van der Waals surface area contributed by atoms with E-state index >= 15 is 0 Å². The second-order valence-electron chi connectivity index (χ2n) is 4.57. The van der Waals surface area contributed by atoms with Crippen LogP contribution in [0.3, 0.4) is 0 Å². The van der Waals surface area contributed by atoms with E-state index in [0.29, 0.717) is 6.54 Å². The summed E-state index contributed by atoms with van der Waals surface area (Å²) in [6, 6.07) is 6.44. The predicted octanol–water partition coefficient (Wildman–Crippen LogP) is 1.63. The van der Waals surface area contributed by atoms with Crippen LogP contribution in [0.15, 0.2) is 29.2 Å². The molecule has 21 heavy (non-hydrogen) atoms. The molecule has 2 N–H and O–H groups in total. The number of likely N-dealkylation sites (N-methyl/N-ethyl adjacent to an activating group) is 1. The average Bonchev–Trinajstić information content (AvgIpc) is 2.45. The molecule has 120 valence electrons. The Bertz CT molecular complexity index is 561. The number of hydrogen-bond donors (Lipinski definition) is 2. The molecular formula is C14H23ClN2O3S. The number of carbonyl (C=O) groups excluding carboxylic acids is 1. The smallest absolute Gasteiger partial charge is 0.252 e. The summed E-state index contributed by atoms with van der Waals surface area (Å²) in [7, 11) is -3.40. The Labute approximate surface area is 132 Å². The van der Waals surface area contributed by atoms with Crippen molar-refractivity contribution in [3.63, 3.8) is 0 Å². The number of halogens is 1. The summed E-state index contributed by atoms with van der Waals surface area (Å²) in [5.41, 5.74) is 0.207. The molecule has 1 aromatic carbocycles. The van der Waals surface area contributed by atoms with Gasteiger partial charge in [0.25, 0.3) is 5.91 Å². The van der Waals surface area contributed by atoms with Crippen LogP contribution in [-0.4, -0.2) is 39.2 Å². The van der Waals surface area contributed by atoms with E-state index in [1.54, 1.807) is 19.1 Å². The van der Waals surface area contributed by atoms with Gasteiger partial charge in [0, 0.05) is 12.6 Å². The van der Waals surface area contributed by atoms with Gasteiger partial charge < -0.3 is 10.6 Å². The number of rotatable bonds is 7. The molecule has 1 amide bonds. The van der Waals surface area contributed by atoms with Crippen LogP contribution in [0.1, 0.15) is 31.1 Å². The predicted molar refractivity (Wildman–Crippen MR) is 86.9 cm³/mol. The van der Waals surface area contributed by atoms with Crippen molar-refractivity contribution in [3.8, 4) is 0 Å². The highest BCUT2D eigenvalue weighted by atomic mass is 35.5. The van der Waals surface area contributed by atoms with E-state index in [0.717, 1.165) is 6.54 Å².